The molecule has 0 saturated heterocycles. The fourth-order valence-electron chi connectivity index (χ4n) is 0.969. The van der Waals surface area contributed by atoms with Crippen molar-refractivity contribution in [3.63, 3.8) is 0 Å². The van der Waals surface area contributed by atoms with Gasteiger partial charge >= 0.3 is 12.3 Å². The van der Waals surface area contributed by atoms with Gasteiger partial charge in [-0.2, -0.15) is 8.78 Å². The molecule has 0 saturated carbocycles. The Morgan fingerprint density at radius 1 is 1.42 bits per heavy atom. The Hall–Kier alpha value is -0.870. The number of halogens is 5. The zero-order valence-electron chi connectivity index (χ0n) is 8.87. The molecule has 0 aliphatic carbocycles. The molecule has 0 unspecified atom stereocenters. The summed E-state index contributed by atoms with van der Waals surface area (Å²) in [5.41, 5.74) is 0. The lowest BCUT2D eigenvalue weighted by atomic mass is 10.3. The molecule has 0 atom stereocenters. The first-order valence-electron chi connectivity index (χ1n) is 4.52. The van der Waals surface area contributed by atoms with Crippen LogP contribution < -0.4 is 5.32 Å². The summed E-state index contributed by atoms with van der Waals surface area (Å²) in [6, 6.07) is 2.33. The Morgan fingerprint density at radius 3 is 2.42 bits per heavy atom. The van der Waals surface area contributed by atoms with Crippen molar-refractivity contribution >= 4 is 37.0 Å². The molecule has 0 aliphatic rings. The van der Waals surface area contributed by atoms with Gasteiger partial charge < -0.3 is 5.32 Å². The van der Waals surface area contributed by atoms with Crippen LogP contribution in [-0.2, 0) is 20.4 Å². The Kier molecular flexibility index (Phi) is 4.80. The Morgan fingerprint density at radius 2 is 2.00 bits per heavy atom. The Bertz CT molecular complexity index is 572. The van der Waals surface area contributed by atoms with Gasteiger partial charge in [0.1, 0.15) is 4.21 Å². The largest absolute Gasteiger partial charge is 0.383 e. The van der Waals surface area contributed by atoms with Gasteiger partial charge in [0, 0.05) is 15.6 Å². The highest BCUT2D eigenvalue weighted by molar-refractivity contribution is 8.15. The monoisotopic (exact) mass is 339 g/mol. The Balaban J connectivity index is 2.69. The summed E-state index contributed by atoms with van der Waals surface area (Å²) in [5, 5.41) is 1.59. The molecule has 19 heavy (non-hydrogen) atoms. The lowest BCUT2D eigenvalue weighted by Crippen LogP contribution is -2.44. The molecule has 0 fully saturated rings. The first-order chi connectivity index (χ1) is 8.55. The summed E-state index contributed by atoms with van der Waals surface area (Å²) in [5.74, 6) is -6.93. The first-order valence-corrected chi connectivity index (χ1v) is 7.65. The summed E-state index contributed by atoms with van der Waals surface area (Å²) in [6.07, 6.45) is -4.12. The second-order valence-corrected chi connectivity index (χ2v) is 7.23. The molecule has 0 bridgehead atoms. The number of carbonyl (C=O) groups excluding carboxylic acids is 1. The van der Waals surface area contributed by atoms with E-state index in [0.29, 0.717) is 11.3 Å². The minimum Gasteiger partial charge on any atom is -0.346 e. The van der Waals surface area contributed by atoms with Crippen molar-refractivity contribution in [2.45, 2.75) is 23.1 Å². The van der Waals surface area contributed by atoms with Gasteiger partial charge in [-0.25, -0.2) is 17.2 Å². The average Bonchev–Trinajstić information content (AvgIpc) is 2.73. The molecular formula is C8H6ClF4NO3S2. The maximum Gasteiger partial charge on any atom is 0.383 e. The van der Waals surface area contributed by atoms with E-state index >= 15 is 0 Å². The minimum absolute atomic E-state index is 0.178. The van der Waals surface area contributed by atoms with Gasteiger partial charge in [-0.3, -0.25) is 4.79 Å². The van der Waals surface area contributed by atoms with E-state index < -0.39 is 33.9 Å². The SMILES string of the molecule is O=C(NCc1ccc(S(=O)(=O)Cl)s1)C(F)(F)C(F)F. The van der Waals surface area contributed by atoms with Crippen molar-refractivity contribution in [1.82, 2.24) is 5.32 Å². The molecule has 1 N–H and O–H groups in total. The third-order valence-corrected chi connectivity index (χ3v) is 5.06. The molecule has 4 nitrogen and oxygen atoms in total. The second kappa shape index (κ2) is 5.63. The van der Waals surface area contributed by atoms with Gasteiger partial charge in [-0.15, -0.1) is 11.3 Å². The summed E-state index contributed by atoms with van der Waals surface area (Å²) in [4.78, 5) is 11.0. The number of carbonyl (C=O) groups is 1. The maximum absolute atomic E-state index is 12.6. The van der Waals surface area contributed by atoms with Gasteiger partial charge in [-0.1, -0.05) is 0 Å². The van der Waals surface area contributed by atoms with Crippen LogP contribution in [0.4, 0.5) is 17.6 Å². The van der Waals surface area contributed by atoms with Crippen molar-refractivity contribution in [3.8, 4) is 0 Å². The summed E-state index contributed by atoms with van der Waals surface area (Å²) >= 11 is 0.634. The van der Waals surface area contributed by atoms with E-state index in [1.54, 1.807) is 5.32 Å². The normalized spacial score (nSPS) is 12.7. The molecule has 0 radical (unpaired) electrons. The van der Waals surface area contributed by atoms with Crippen LogP contribution in [-0.4, -0.2) is 26.7 Å². The Labute approximate surface area is 113 Å². The van der Waals surface area contributed by atoms with Crippen molar-refractivity contribution in [1.29, 1.82) is 0 Å². The van der Waals surface area contributed by atoms with Crippen LogP contribution in [0.2, 0.25) is 0 Å². The van der Waals surface area contributed by atoms with Crippen molar-refractivity contribution < 1.29 is 30.8 Å². The summed E-state index contributed by atoms with van der Waals surface area (Å²) in [7, 11) is 1.07. The predicted octanol–water partition coefficient (Wildman–Crippen LogP) is 2.19. The number of thiophene rings is 1. The molecule has 0 aliphatic heterocycles. The van der Waals surface area contributed by atoms with Crippen LogP contribution in [0.15, 0.2) is 16.3 Å². The third-order valence-electron chi connectivity index (χ3n) is 1.88. The van der Waals surface area contributed by atoms with Gasteiger partial charge in [0.15, 0.2) is 0 Å². The number of amides is 1. The van der Waals surface area contributed by atoms with E-state index in [-0.39, 0.29) is 9.09 Å². The standard InChI is InChI=1S/C8H6ClF4NO3S2/c9-19(16,17)5-2-1-4(18-5)3-14-7(15)8(12,13)6(10)11/h1-2,6H,3H2,(H,14,15). The van der Waals surface area contributed by atoms with Crippen molar-refractivity contribution in [3.05, 3.63) is 17.0 Å². The van der Waals surface area contributed by atoms with Crippen LogP contribution in [0, 0.1) is 0 Å². The van der Waals surface area contributed by atoms with E-state index in [9.17, 15) is 30.8 Å². The van der Waals surface area contributed by atoms with E-state index in [0.717, 1.165) is 6.07 Å². The van der Waals surface area contributed by atoms with Gasteiger partial charge in [0.2, 0.25) is 0 Å². The fraction of sp³-hybridized carbons (Fsp3) is 0.375. The molecule has 1 amide bonds. The first kappa shape index (κ1) is 16.2. The zero-order chi connectivity index (χ0) is 14.8. The van der Waals surface area contributed by atoms with Crippen LogP contribution in [0.3, 0.4) is 0 Å². The van der Waals surface area contributed by atoms with E-state index in [4.69, 9.17) is 10.7 Å². The molecule has 11 heteroatoms. The van der Waals surface area contributed by atoms with Crippen molar-refractivity contribution in [2.24, 2.45) is 0 Å². The van der Waals surface area contributed by atoms with E-state index in [2.05, 4.69) is 0 Å². The molecular weight excluding hydrogens is 334 g/mol. The number of nitrogens with one attached hydrogen (secondary N) is 1. The van der Waals surface area contributed by atoms with Crippen molar-refractivity contribution in [2.75, 3.05) is 0 Å². The molecule has 1 aromatic rings. The molecule has 1 heterocycles. The van der Waals surface area contributed by atoms with Crippen LogP contribution in [0.25, 0.3) is 0 Å². The average molecular weight is 340 g/mol. The summed E-state index contributed by atoms with van der Waals surface area (Å²) < 4.78 is 70.4. The van der Waals surface area contributed by atoms with E-state index in [1.807, 2.05) is 0 Å². The predicted molar refractivity (Wildman–Crippen MR) is 60.2 cm³/mol. The smallest absolute Gasteiger partial charge is 0.346 e. The molecule has 108 valence electrons. The lowest BCUT2D eigenvalue weighted by Gasteiger charge is -2.14. The van der Waals surface area contributed by atoms with Crippen LogP contribution >= 0.6 is 22.0 Å². The highest BCUT2D eigenvalue weighted by Crippen LogP contribution is 2.26. The number of rotatable bonds is 5. The molecule has 1 rings (SSSR count). The topological polar surface area (TPSA) is 63.2 Å². The maximum atomic E-state index is 12.6. The number of alkyl halides is 4. The number of hydrogen-bond donors (Lipinski definition) is 1. The fourth-order valence-corrected chi connectivity index (χ4v) is 3.03. The van der Waals surface area contributed by atoms with Gasteiger partial charge in [-0.05, 0) is 12.1 Å². The van der Waals surface area contributed by atoms with Crippen LogP contribution in [0.5, 0.6) is 0 Å². The van der Waals surface area contributed by atoms with Gasteiger partial charge in [0.25, 0.3) is 15.0 Å². The highest BCUT2D eigenvalue weighted by atomic mass is 35.7. The molecule has 0 aromatic carbocycles. The number of hydrogen-bond acceptors (Lipinski definition) is 4. The van der Waals surface area contributed by atoms with Crippen LogP contribution in [0.1, 0.15) is 4.88 Å². The minimum atomic E-state index is -4.79. The quantitative estimate of drug-likeness (QED) is 0.660. The second-order valence-electron chi connectivity index (χ2n) is 3.26. The zero-order valence-corrected chi connectivity index (χ0v) is 11.3. The summed E-state index contributed by atoms with van der Waals surface area (Å²) in [6.45, 7) is -0.502. The third kappa shape index (κ3) is 4.05. The van der Waals surface area contributed by atoms with E-state index in [1.165, 1.54) is 6.07 Å². The molecule has 0 spiro atoms. The van der Waals surface area contributed by atoms with Gasteiger partial charge in [0.05, 0.1) is 6.54 Å². The lowest BCUT2D eigenvalue weighted by molar-refractivity contribution is -0.169. The molecule has 1 aromatic heterocycles. The highest BCUT2D eigenvalue weighted by Gasteiger charge is 2.48.